The van der Waals surface area contributed by atoms with Gasteiger partial charge in [0.1, 0.15) is 0 Å². The summed E-state index contributed by atoms with van der Waals surface area (Å²) in [4.78, 5) is 14.8. The van der Waals surface area contributed by atoms with E-state index in [0.717, 1.165) is 17.5 Å². The summed E-state index contributed by atoms with van der Waals surface area (Å²) in [5.41, 5.74) is 2.96. The van der Waals surface area contributed by atoms with Gasteiger partial charge in [-0.2, -0.15) is 0 Å². The quantitative estimate of drug-likeness (QED) is 0.581. The number of hydrogen-bond donors (Lipinski definition) is 1. The average molecular weight is 423 g/mol. The van der Waals surface area contributed by atoms with E-state index in [1.54, 1.807) is 35.2 Å². The van der Waals surface area contributed by atoms with Crippen LogP contribution in [0.1, 0.15) is 28.4 Å². The topological polar surface area (TPSA) is 66.5 Å². The number of benzene rings is 3. The molecule has 3 aromatic rings. The molecule has 0 saturated heterocycles. The molecule has 0 aromatic heterocycles. The van der Waals surface area contributed by atoms with E-state index in [0.29, 0.717) is 24.3 Å². The Hall–Kier alpha value is -3.12. The lowest BCUT2D eigenvalue weighted by molar-refractivity contribution is 0.0766. The van der Waals surface area contributed by atoms with Gasteiger partial charge in [-0.15, -0.1) is 0 Å². The first-order chi connectivity index (χ1) is 14.4. The molecule has 0 spiro atoms. The Kier molecular flexibility index (Phi) is 6.90. The first kappa shape index (κ1) is 21.6. The zero-order valence-electron chi connectivity index (χ0n) is 17.2. The normalized spacial score (nSPS) is 11.1. The van der Waals surface area contributed by atoms with Gasteiger partial charge < -0.3 is 4.90 Å². The first-order valence-corrected chi connectivity index (χ1v) is 11.4. The fourth-order valence-electron chi connectivity index (χ4n) is 3.21. The van der Waals surface area contributed by atoms with Gasteiger partial charge in [-0.3, -0.25) is 9.52 Å². The van der Waals surface area contributed by atoms with Crippen molar-refractivity contribution in [1.29, 1.82) is 0 Å². The fourth-order valence-corrected chi connectivity index (χ4v) is 4.31. The molecule has 5 nitrogen and oxygen atoms in total. The molecule has 0 atom stereocenters. The molecule has 0 saturated carbocycles. The van der Waals surface area contributed by atoms with Crippen LogP contribution in [0.4, 0.5) is 5.69 Å². The smallest absolute Gasteiger partial charge is 0.261 e. The van der Waals surface area contributed by atoms with Crippen LogP contribution in [0.2, 0.25) is 0 Å². The summed E-state index contributed by atoms with van der Waals surface area (Å²) in [6, 6.07) is 23.3. The SMILES string of the molecule is CCN(CCc1ccccc1)C(=O)c1cccc(S(=O)(=O)Nc2cccc(C)c2)c1. The molecule has 0 unspecified atom stereocenters. The van der Waals surface area contributed by atoms with E-state index in [9.17, 15) is 13.2 Å². The van der Waals surface area contributed by atoms with Gasteiger partial charge in [-0.05, 0) is 61.7 Å². The van der Waals surface area contributed by atoms with E-state index in [4.69, 9.17) is 0 Å². The van der Waals surface area contributed by atoms with Gasteiger partial charge in [-0.1, -0.05) is 48.5 Å². The van der Waals surface area contributed by atoms with Crippen LogP contribution in [0, 0.1) is 6.92 Å². The second kappa shape index (κ2) is 9.59. The van der Waals surface area contributed by atoms with Crippen LogP contribution >= 0.6 is 0 Å². The molecule has 6 heteroatoms. The Labute approximate surface area is 178 Å². The highest BCUT2D eigenvalue weighted by Gasteiger charge is 2.19. The maximum atomic E-state index is 13.0. The van der Waals surface area contributed by atoms with Crippen LogP contribution in [0.5, 0.6) is 0 Å². The van der Waals surface area contributed by atoms with Crippen molar-refractivity contribution in [3.8, 4) is 0 Å². The lowest BCUT2D eigenvalue weighted by Crippen LogP contribution is -2.32. The molecule has 0 fully saturated rings. The van der Waals surface area contributed by atoms with E-state index in [-0.39, 0.29) is 10.8 Å². The molecule has 0 heterocycles. The van der Waals surface area contributed by atoms with Crippen molar-refractivity contribution < 1.29 is 13.2 Å². The molecule has 0 radical (unpaired) electrons. The summed E-state index contributed by atoms with van der Waals surface area (Å²) in [5, 5.41) is 0. The van der Waals surface area contributed by atoms with Crippen molar-refractivity contribution >= 4 is 21.6 Å². The summed E-state index contributed by atoms with van der Waals surface area (Å²) in [6.07, 6.45) is 0.743. The lowest BCUT2D eigenvalue weighted by Gasteiger charge is -2.21. The van der Waals surface area contributed by atoms with Crippen LogP contribution in [0.15, 0.2) is 83.8 Å². The molecule has 1 N–H and O–H groups in total. The minimum Gasteiger partial charge on any atom is -0.339 e. The average Bonchev–Trinajstić information content (AvgIpc) is 2.74. The summed E-state index contributed by atoms with van der Waals surface area (Å²) >= 11 is 0. The fraction of sp³-hybridized carbons (Fsp3) is 0.208. The van der Waals surface area contributed by atoms with Crippen LogP contribution < -0.4 is 4.72 Å². The minimum atomic E-state index is -3.79. The van der Waals surface area contributed by atoms with Crippen LogP contribution in [0.25, 0.3) is 0 Å². The minimum absolute atomic E-state index is 0.0639. The van der Waals surface area contributed by atoms with Crippen molar-refractivity contribution in [3.05, 3.63) is 95.6 Å². The van der Waals surface area contributed by atoms with Crippen molar-refractivity contribution in [2.75, 3.05) is 17.8 Å². The molecule has 0 bridgehead atoms. The summed E-state index contributed by atoms with van der Waals surface area (Å²) in [6.45, 7) is 4.93. The van der Waals surface area contributed by atoms with Crippen LogP contribution in [-0.4, -0.2) is 32.3 Å². The van der Waals surface area contributed by atoms with Crippen molar-refractivity contribution in [1.82, 2.24) is 4.90 Å². The molecule has 0 aliphatic carbocycles. The van der Waals surface area contributed by atoms with Gasteiger partial charge in [0.05, 0.1) is 4.90 Å². The summed E-state index contributed by atoms with van der Waals surface area (Å²) < 4.78 is 28.2. The van der Waals surface area contributed by atoms with Gasteiger partial charge >= 0.3 is 0 Å². The monoisotopic (exact) mass is 422 g/mol. The van der Waals surface area contributed by atoms with Gasteiger partial charge in [-0.25, -0.2) is 8.42 Å². The number of amides is 1. The predicted octanol–water partition coefficient (Wildman–Crippen LogP) is 4.50. The molecule has 30 heavy (non-hydrogen) atoms. The van der Waals surface area contributed by atoms with E-state index < -0.39 is 10.0 Å². The molecule has 156 valence electrons. The number of aryl methyl sites for hydroxylation is 1. The Morgan fingerprint density at radius 1 is 0.933 bits per heavy atom. The molecule has 3 aromatic carbocycles. The highest BCUT2D eigenvalue weighted by atomic mass is 32.2. The van der Waals surface area contributed by atoms with Crippen LogP contribution in [0.3, 0.4) is 0 Å². The highest BCUT2D eigenvalue weighted by Crippen LogP contribution is 2.19. The van der Waals surface area contributed by atoms with Crippen molar-refractivity contribution in [2.45, 2.75) is 25.2 Å². The van der Waals surface area contributed by atoms with E-state index in [1.165, 1.54) is 12.1 Å². The Morgan fingerprint density at radius 2 is 1.67 bits per heavy atom. The van der Waals surface area contributed by atoms with Crippen molar-refractivity contribution in [3.63, 3.8) is 0 Å². The number of rotatable bonds is 8. The van der Waals surface area contributed by atoms with Gasteiger partial charge in [0.2, 0.25) is 0 Å². The van der Waals surface area contributed by atoms with Crippen molar-refractivity contribution in [2.24, 2.45) is 0 Å². The molecule has 0 aliphatic heterocycles. The van der Waals surface area contributed by atoms with E-state index in [2.05, 4.69) is 4.72 Å². The zero-order valence-corrected chi connectivity index (χ0v) is 18.0. The molecular weight excluding hydrogens is 396 g/mol. The number of nitrogens with zero attached hydrogens (tertiary/aromatic N) is 1. The van der Waals surface area contributed by atoms with Gasteiger partial charge in [0.25, 0.3) is 15.9 Å². The number of hydrogen-bond acceptors (Lipinski definition) is 3. The number of carbonyl (C=O) groups excluding carboxylic acids is 1. The second-order valence-electron chi connectivity index (χ2n) is 7.12. The number of carbonyl (C=O) groups is 1. The predicted molar refractivity (Wildman–Crippen MR) is 120 cm³/mol. The third-order valence-corrected chi connectivity index (χ3v) is 6.22. The maximum Gasteiger partial charge on any atom is 0.261 e. The number of likely N-dealkylation sites (N-methyl/N-ethyl adjacent to an activating group) is 1. The third-order valence-electron chi connectivity index (χ3n) is 4.84. The Balaban J connectivity index is 1.76. The summed E-state index contributed by atoms with van der Waals surface area (Å²) in [5.74, 6) is -0.180. The lowest BCUT2D eigenvalue weighted by atomic mass is 10.1. The Bertz CT molecular complexity index is 1110. The number of anilines is 1. The standard InChI is InChI=1S/C24H26N2O3S/c1-3-26(16-15-20-10-5-4-6-11-20)24(27)21-12-8-14-23(18-21)30(28,29)25-22-13-7-9-19(2)17-22/h4-14,17-18,25H,3,15-16H2,1-2H3. The van der Waals surface area contributed by atoms with E-state index >= 15 is 0 Å². The molecular formula is C24H26N2O3S. The molecule has 3 rings (SSSR count). The highest BCUT2D eigenvalue weighted by molar-refractivity contribution is 7.92. The van der Waals surface area contributed by atoms with Gasteiger partial charge in [0, 0.05) is 24.3 Å². The number of sulfonamides is 1. The second-order valence-corrected chi connectivity index (χ2v) is 8.81. The van der Waals surface area contributed by atoms with Gasteiger partial charge in [0.15, 0.2) is 0 Å². The largest absolute Gasteiger partial charge is 0.339 e. The van der Waals surface area contributed by atoms with E-state index in [1.807, 2.05) is 50.2 Å². The maximum absolute atomic E-state index is 13.0. The Morgan fingerprint density at radius 3 is 2.37 bits per heavy atom. The molecule has 0 aliphatic rings. The zero-order chi connectivity index (χ0) is 21.6. The number of nitrogens with one attached hydrogen (secondary N) is 1. The molecule has 1 amide bonds. The first-order valence-electron chi connectivity index (χ1n) is 9.92. The summed E-state index contributed by atoms with van der Waals surface area (Å²) in [7, 11) is -3.79. The van der Waals surface area contributed by atoms with Crippen LogP contribution in [-0.2, 0) is 16.4 Å². The third kappa shape index (κ3) is 5.48.